The molecule has 0 aromatic heterocycles. The first-order valence-electron chi connectivity index (χ1n) is 7.18. The lowest BCUT2D eigenvalue weighted by molar-refractivity contribution is -0.147. The van der Waals surface area contributed by atoms with Crippen molar-refractivity contribution in [3.05, 3.63) is 0 Å². The van der Waals surface area contributed by atoms with Gasteiger partial charge >= 0.3 is 0 Å². The summed E-state index contributed by atoms with van der Waals surface area (Å²) < 4.78 is 11.4. The Kier molecular flexibility index (Phi) is 4.83. The molecule has 0 amide bonds. The van der Waals surface area contributed by atoms with Crippen molar-refractivity contribution in [2.24, 2.45) is 5.92 Å². The second kappa shape index (κ2) is 6.17. The molecule has 1 aliphatic carbocycles. The Hall–Kier alpha value is -0.120. The highest BCUT2D eigenvalue weighted by molar-refractivity contribution is 4.94. The van der Waals surface area contributed by atoms with Crippen molar-refractivity contribution in [1.82, 2.24) is 0 Å². The zero-order valence-corrected chi connectivity index (χ0v) is 11.0. The fraction of sp³-hybridized carbons (Fsp3) is 1.00. The zero-order valence-electron chi connectivity index (χ0n) is 11.0. The van der Waals surface area contributed by atoms with Crippen molar-refractivity contribution in [3.8, 4) is 0 Å². The van der Waals surface area contributed by atoms with E-state index in [0.717, 1.165) is 25.9 Å². The van der Waals surface area contributed by atoms with Crippen LogP contribution in [0.2, 0.25) is 0 Å². The van der Waals surface area contributed by atoms with Gasteiger partial charge in [-0.1, -0.05) is 25.7 Å². The Bertz CT molecular complexity index is 216. The highest BCUT2D eigenvalue weighted by Crippen LogP contribution is 2.38. The highest BCUT2D eigenvalue weighted by atomic mass is 16.5. The number of hydrogen-bond donors (Lipinski definition) is 1. The monoisotopic (exact) mass is 242 g/mol. The molecule has 2 aliphatic rings. The molecule has 1 N–H and O–H groups in total. The fourth-order valence-corrected chi connectivity index (χ4v) is 3.37. The van der Waals surface area contributed by atoms with Crippen molar-refractivity contribution in [2.45, 2.75) is 63.6 Å². The van der Waals surface area contributed by atoms with Crippen LogP contribution >= 0.6 is 0 Å². The number of aliphatic hydroxyl groups excluding tert-OH is 1. The van der Waals surface area contributed by atoms with Gasteiger partial charge in [0, 0.05) is 19.1 Å². The van der Waals surface area contributed by atoms with Crippen molar-refractivity contribution in [2.75, 3.05) is 19.8 Å². The first-order valence-corrected chi connectivity index (χ1v) is 7.18. The minimum atomic E-state index is -0.344. The molecule has 0 spiro atoms. The van der Waals surface area contributed by atoms with Gasteiger partial charge in [-0.15, -0.1) is 0 Å². The summed E-state index contributed by atoms with van der Waals surface area (Å²) in [7, 11) is 0. The maximum absolute atomic E-state index is 10.7. The standard InChI is InChI=1S/C14H26O3/c1-2-17-14(8-5-3-4-6-9-14)13(15)12-7-10-16-11-12/h12-13,15H,2-11H2,1H3. The molecule has 17 heavy (non-hydrogen) atoms. The lowest BCUT2D eigenvalue weighted by atomic mass is 9.81. The lowest BCUT2D eigenvalue weighted by Crippen LogP contribution is -2.48. The van der Waals surface area contributed by atoms with Gasteiger partial charge in [-0.25, -0.2) is 0 Å². The van der Waals surface area contributed by atoms with Gasteiger partial charge in [-0.3, -0.25) is 0 Å². The van der Waals surface area contributed by atoms with Crippen molar-refractivity contribution in [3.63, 3.8) is 0 Å². The maximum atomic E-state index is 10.7. The Morgan fingerprint density at radius 1 is 1.29 bits per heavy atom. The van der Waals surface area contributed by atoms with Gasteiger partial charge in [-0.05, 0) is 26.2 Å². The molecule has 3 nitrogen and oxygen atoms in total. The maximum Gasteiger partial charge on any atom is 0.0943 e. The molecule has 2 fully saturated rings. The second-order valence-corrected chi connectivity index (χ2v) is 5.48. The van der Waals surface area contributed by atoms with E-state index in [1.807, 2.05) is 6.92 Å². The van der Waals surface area contributed by atoms with Crippen LogP contribution in [0.25, 0.3) is 0 Å². The van der Waals surface area contributed by atoms with E-state index in [0.29, 0.717) is 13.2 Å². The minimum Gasteiger partial charge on any atom is -0.390 e. The van der Waals surface area contributed by atoms with Crippen LogP contribution in [-0.2, 0) is 9.47 Å². The number of ether oxygens (including phenoxy) is 2. The van der Waals surface area contributed by atoms with Crippen molar-refractivity contribution >= 4 is 0 Å². The first-order chi connectivity index (χ1) is 8.28. The Morgan fingerprint density at radius 2 is 2.00 bits per heavy atom. The molecule has 2 unspecified atom stereocenters. The predicted molar refractivity (Wildman–Crippen MR) is 67.0 cm³/mol. The number of rotatable bonds is 4. The first kappa shape index (κ1) is 13.3. The largest absolute Gasteiger partial charge is 0.390 e. The van der Waals surface area contributed by atoms with Crippen LogP contribution in [0.3, 0.4) is 0 Å². The highest BCUT2D eigenvalue weighted by Gasteiger charge is 2.43. The molecule has 0 bridgehead atoms. The Labute approximate surface area is 104 Å². The van der Waals surface area contributed by atoms with Gasteiger partial charge in [0.1, 0.15) is 0 Å². The molecule has 0 radical (unpaired) electrons. The van der Waals surface area contributed by atoms with Gasteiger partial charge in [0.25, 0.3) is 0 Å². The molecule has 100 valence electrons. The molecule has 1 aliphatic heterocycles. The van der Waals surface area contributed by atoms with Crippen LogP contribution in [0, 0.1) is 5.92 Å². The van der Waals surface area contributed by atoms with Crippen LogP contribution < -0.4 is 0 Å². The van der Waals surface area contributed by atoms with Gasteiger partial charge in [0.2, 0.25) is 0 Å². The smallest absolute Gasteiger partial charge is 0.0943 e. The van der Waals surface area contributed by atoms with Crippen molar-refractivity contribution in [1.29, 1.82) is 0 Å². The Morgan fingerprint density at radius 3 is 2.53 bits per heavy atom. The summed E-state index contributed by atoms with van der Waals surface area (Å²) in [4.78, 5) is 0. The second-order valence-electron chi connectivity index (χ2n) is 5.48. The van der Waals surface area contributed by atoms with E-state index in [1.54, 1.807) is 0 Å². The summed E-state index contributed by atoms with van der Waals surface area (Å²) in [6.45, 7) is 4.23. The van der Waals surface area contributed by atoms with Gasteiger partial charge in [0.15, 0.2) is 0 Å². The minimum absolute atomic E-state index is 0.277. The summed E-state index contributed by atoms with van der Waals surface area (Å²) >= 11 is 0. The van der Waals surface area contributed by atoms with Crippen molar-refractivity contribution < 1.29 is 14.6 Å². The third kappa shape index (κ3) is 3.01. The number of aliphatic hydroxyl groups is 1. The van der Waals surface area contributed by atoms with E-state index in [4.69, 9.17) is 9.47 Å². The molecule has 2 atom stereocenters. The Balaban J connectivity index is 2.06. The normalized spacial score (nSPS) is 31.1. The van der Waals surface area contributed by atoms with Crippen LogP contribution in [0.15, 0.2) is 0 Å². The van der Waals surface area contributed by atoms with Gasteiger partial charge in [-0.2, -0.15) is 0 Å². The fourth-order valence-electron chi connectivity index (χ4n) is 3.37. The third-order valence-electron chi connectivity index (χ3n) is 4.33. The summed E-state index contributed by atoms with van der Waals surface area (Å²) in [6, 6.07) is 0. The van der Waals surface area contributed by atoms with E-state index in [2.05, 4.69) is 0 Å². The summed E-state index contributed by atoms with van der Waals surface area (Å²) in [5.41, 5.74) is -0.288. The summed E-state index contributed by atoms with van der Waals surface area (Å²) in [5.74, 6) is 0.277. The topological polar surface area (TPSA) is 38.7 Å². The van der Waals surface area contributed by atoms with Gasteiger partial charge < -0.3 is 14.6 Å². The van der Waals surface area contributed by atoms with Crippen LogP contribution in [0.4, 0.5) is 0 Å². The van der Waals surface area contributed by atoms with Crippen LogP contribution in [0.1, 0.15) is 51.9 Å². The van der Waals surface area contributed by atoms with E-state index >= 15 is 0 Å². The van der Waals surface area contributed by atoms with E-state index in [-0.39, 0.29) is 17.6 Å². The van der Waals surface area contributed by atoms with Crippen LogP contribution in [-0.4, -0.2) is 36.6 Å². The van der Waals surface area contributed by atoms with Gasteiger partial charge in [0.05, 0.1) is 18.3 Å². The average Bonchev–Trinajstić information content (AvgIpc) is 2.76. The molecular weight excluding hydrogens is 216 g/mol. The molecular formula is C14H26O3. The van der Waals surface area contributed by atoms with Crippen LogP contribution in [0.5, 0.6) is 0 Å². The summed E-state index contributed by atoms with van der Waals surface area (Å²) in [6.07, 6.45) is 7.59. The molecule has 3 heteroatoms. The van der Waals surface area contributed by atoms with E-state index < -0.39 is 0 Å². The quantitative estimate of drug-likeness (QED) is 0.770. The zero-order chi connectivity index (χ0) is 12.1. The third-order valence-corrected chi connectivity index (χ3v) is 4.33. The van der Waals surface area contributed by atoms with E-state index in [1.165, 1.54) is 25.7 Å². The average molecular weight is 242 g/mol. The summed E-state index contributed by atoms with van der Waals surface area (Å²) in [5, 5.41) is 10.7. The molecule has 1 saturated heterocycles. The van der Waals surface area contributed by atoms with E-state index in [9.17, 15) is 5.11 Å². The molecule has 2 rings (SSSR count). The molecule has 0 aromatic carbocycles. The molecule has 1 saturated carbocycles. The SMILES string of the molecule is CCOC1(C(O)C2CCOC2)CCCCCC1. The molecule has 0 aromatic rings. The molecule has 1 heterocycles. The lowest BCUT2D eigenvalue weighted by Gasteiger charge is -2.39. The predicted octanol–water partition coefficient (Wildman–Crippen LogP) is 2.51. The number of hydrogen-bond acceptors (Lipinski definition) is 3.